The highest BCUT2D eigenvalue weighted by Crippen LogP contribution is 2.14. The first-order valence-electron chi connectivity index (χ1n) is 5.66. The van der Waals surface area contributed by atoms with Crippen LogP contribution in [0.2, 0.25) is 0 Å². The second-order valence-corrected chi connectivity index (χ2v) is 5.19. The number of nitrogens with one attached hydrogen (secondary N) is 2. The van der Waals surface area contributed by atoms with Crippen LogP contribution in [0.1, 0.15) is 21.5 Å². The third-order valence-electron chi connectivity index (χ3n) is 2.31. The maximum absolute atomic E-state index is 11.7. The summed E-state index contributed by atoms with van der Waals surface area (Å²) in [6, 6.07) is 2.79. The van der Waals surface area contributed by atoms with E-state index in [1.807, 2.05) is 13.0 Å². The topological polar surface area (TPSA) is 84.5 Å². The largest absolute Gasteiger partial charge is 0.467 e. The van der Waals surface area contributed by atoms with Gasteiger partial charge in [-0.15, -0.1) is 11.3 Å². The van der Waals surface area contributed by atoms with Gasteiger partial charge in [0.1, 0.15) is 6.04 Å². The fourth-order valence-corrected chi connectivity index (χ4v) is 2.12. The Morgan fingerprint density at radius 2 is 2.05 bits per heavy atom. The average Bonchev–Trinajstić information content (AvgIpc) is 2.81. The molecule has 0 fully saturated rings. The number of carbonyl (C=O) groups is 3. The van der Waals surface area contributed by atoms with E-state index in [-0.39, 0.29) is 12.5 Å². The van der Waals surface area contributed by atoms with Gasteiger partial charge in [0.05, 0.1) is 18.5 Å². The molecule has 1 heterocycles. The summed E-state index contributed by atoms with van der Waals surface area (Å²) in [6.07, 6.45) is 0. The molecule has 0 bridgehead atoms. The summed E-state index contributed by atoms with van der Waals surface area (Å²) in [5.41, 5.74) is 0. The van der Waals surface area contributed by atoms with Gasteiger partial charge >= 0.3 is 5.97 Å². The van der Waals surface area contributed by atoms with E-state index in [1.54, 1.807) is 6.07 Å². The van der Waals surface area contributed by atoms with Crippen molar-refractivity contribution < 1.29 is 19.1 Å². The highest BCUT2D eigenvalue weighted by atomic mass is 32.1. The molecule has 0 aliphatic heterocycles. The van der Waals surface area contributed by atoms with Crippen LogP contribution in [0.5, 0.6) is 0 Å². The van der Waals surface area contributed by atoms with E-state index < -0.39 is 17.9 Å². The van der Waals surface area contributed by atoms with Gasteiger partial charge in [0, 0.05) is 4.88 Å². The Morgan fingerprint density at radius 1 is 1.37 bits per heavy atom. The fraction of sp³-hybridized carbons (Fsp3) is 0.417. The lowest BCUT2D eigenvalue weighted by molar-refractivity contribution is -0.144. The maximum Gasteiger partial charge on any atom is 0.328 e. The van der Waals surface area contributed by atoms with Crippen LogP contribution >= 0.6 is 11.3 Å². The molecule has 0 saturated carbocycles. The lowest BCUT2D eigenvalue weighted by Crippen LogP contribution is -2.44. The van der Waals surface area contributed by atoms with Crippen LogP contribution in [0.25, 0.3) is 0 Å². The summed E-state index contributed by atoms with van der Waals surface area (Å²) in [6.45, 7) is 3.22. The molecule has 0 radical (unpaired) electrons. The van der Waals surface area contributed by atoms with E-state index in [1.165, 1.54) is 25.4 Å². The van der Waals surface area contributed by atoms with Crippen molar-refractivity contribution in [2.24, 2.45) is 0 Å². The second kappa shape index (κ2) is 6.89. The van der Waals surface area contributed by atoms with Crippen LogP contribution in [-0.4, -0.2) is 37.5 Å². The summed E-state index contributed by atoms with van der Waals surface area (Å²) >= 11 is 1.35. The predicted octanol–water partition coefficient (Wildman–Crippen LogP) is 0.464. The van der Waals surface area contributed by atoms with E-state index >= 15 is 0 Å². The Bertz CT molecular complexity index is 484. The number of amides is 2. The van der Waals surface area contributed by atoms with Crippen molar-refractivity contribution in [1.29, 1.82) is 0 Å². The molecule has 0 aliphatic carbocycles. The van der Waals surface area contributed by atoms with Gasteiger partial charge in [0.25, 0.3) is 5.91 Å². The van der Waals surface area contributed by atoms with Crippen molar-refractivity contribution in [3.63, 3.8) is 0 Å². The molecule has 0 saturated heterocycles. The van der Waals surface area contributed by atoms with Crippen molar-refractivity contribution in [3.8, 4) is 0 Å². The predicted molar refractivity (Wildman–Crippen MR) is 71.0 cm³/mol. The molecule has 104 valence electrons. The zero-order valence-electron chi connectivity index (χ0n) is 11.0. The van der Waals surface area contributed by atoms with Gasteiger partial charge in [-0.25, -0.2) is 4.79 Å². The van der Waals surface area contributed by atoms with Crippen LogP contribution in [0.4, 0.5) is 0 Å². The highest BCUT2D eigenvalue weighted by molar-refractivity contribution is 7.13. The first-order valence-corrected chi connectivity index (χ1v) is 6.47. The van der Waals surface area contributed by atoms with Crippen LogP contribution in [0, 0.1) is 6.92 Å². The monoisotopic (exact) mass is 284 g/mol. The molecule has 19 heavy (non-hydrogen) atoms. The van der Waals surface area contributed by atoms with Crippen LogP contribution in [0.15, 0.2) is 12.1 Å². The Kier molecular flexibility index (Phi) is 5.50. The van der Waals surface area contributed by atoms with E-state index in [9.17, 15) is 14.4 Å². The number of hydrogen-bond donors (Lipinski definition) is 2. The standard InChI is InChI=1S/C12H16N2O4S/c1-7-4-5-9(19-7)11(16)13-6-10(15)14-8(2)12(17)18-3/h4-5,8H,6H2,1-3H3,(H,13,16)(H,14,15)/t8-/m0/s1. The molecule has 2 amide bonds. The van der Waals surface area contributed by atoms with Crippen molar-refractivity contribution >= 4 is 29.1 Å². The van der Waals surface area contributed by atoms with Gasteiger partial charge in [0.2, 0.25) is 5.91 Å². The molecule has 2 N–H and O–H groups in total. The van der Waals surface area contributed by atoms with Crippen LogP contribution < -0.4 is 10.6 Å². The zero-order valence-corrected chi connectivity index (χ0v) is 11.8. The van der Waals surface area contributed by atoms with Gasteiger partial charge < -0.3 is 15.4 Å². The van der Waals surface area contributed by atoms with E-state index in [4.69, 9.17) is 0 Å². The molecule has 0 unspecified atom stereocenters. The molecule has 6 nitrogen and oxygen atoms in total. The number of methoxy groups -OCH3 is 1. The molecular formula is C12H16N2O4S. The van der Waals surface area contributed by atoms with Crippen molar-refractivity contribution in [2.75, 3.05) is 13.7 Å². The highest BCUT2D eigenvalue weighted by Gasteiger charge is 2.16. The van der Waals surface area contributed by atoms with Gasteiger partial charge in [-0.1, -0.05) is 0 Å². The third kappa shape index (κ3) is 4.70. The number of rotatable bonds is 5. The Morgan fingerprint density at radius 3 is 2.58 bits per heavy atom. The molecule has 1 aromatic heterocycles. The first-order chi connectivity index (χ1) is 8.93. The van der Waals surface area contributed by atoms with Gasteiger partial charge in [-0.2, -0.15) is 0 Å². The number of carbonyl (C=O) groups excluding carboxylic acids is 3. The lowest BCUT2D eigenvalue weighted by Gasteiger charge is -2.11. The summed E-state index contributed by atoms with van der Waals surface area (Å²) < 4.78 is 4.47. The van der Waals surface area contributed by atoms with Crippen LogP contribution in [-0.2, 0) is 14.3 Å². The summed E-state index contributed by atoms with van der Waals surface area (Å²) in [4.78, 5) is 35.8. The quantitative estimate of drug-likeness (QED) is 0.770. The molecule has 1 rings (SSSR count). The fourth-order valence-electron chi connectivity index (χ4n) is 1.33. The third-order valence-corrected chi connectivity index (χ3v) is 3.31. The van der Waals surface area contributed by atoms with Gasteiger partial charge in [-0.3, -0.25) is 9.59 Å². The van der Waals surface area contributed by atoms with Gasteiger partial charge in [-0.05, 0) is 26.0 Å². The van der Waals surface area contributed by atoms with Crippen LogP contribution in [0.3, 0.4) is 0 Å². The average molecular weight is 284 g/mol. The smallest absolute Gasteiger partial charge is 0.328 e. The lowest BCUT2D eigenvalue weighted by atomic mass is 10.3. The first kappa shape index (κ1) is 15.2. The Balaban J connectivity index is 2.38. The molecule has 1 atom stereocenters. The minimum Gasteiger partial charge on any atom is -0.467 e. The van der Waals surface area contributed by atoms with E-state index in [0.29, 0.717) is 4.88 Å². The molecule has 0 spiro atoms. The number of ether oxygens (including phenoxy) is 1. The van der Waals surface area contributed by atoms with Crippen molar-refractivity contribution in [1.82, 2.24) is 10.6 Å². The number of esters is 1. The van der Waals surface area contributed by atoms with Crippen molar-refractivity contribution in [2.45, 2.75) is 19.9 Å². The minimum atomic E-state index is -0.738. The Hall–Kier alpha value is -1.89. The molecule has 0 aromatic carbocycles. The minimum absolute atomic E-state index is 0.183. The zero-order chi connectivity index (χ0) is 14.4. The molecule has 0 aliphatic rings. The Labute approximate surface area is 115 Å². The summed E-state index contributed by atoms with van der Waals surface area (Å²) in [5, 5.41) is 4.90. The van der Waals surface area contributed by atoms with Crippen molar-refractivity contribution in [3.05, 3.63) is 21.9 Å². The SMILES string of the molecule is COC(=O)[C@H](C)NC(=O)CNC(=O)c1ccc(C)s1. The van der Waals surface area contributed by atoms with E-state index in [0.717, 1.165) is 4.88 Å². The normalized spacial score (nSPS) is 11.5. The number of thiophene rings is 1. The van der Waals surface area contributed by atoms with Gasteiger partial charge in [0.15, 0.2) is 0 Å². The number of aryl methyl sites for hydroxylation is 1. The van der Waals surface area contributed by atoms with E-state index in [2.05, 4.69) is 15.4 Å². The summed E-state index contributed by atoms with van der Waals surface area (Å²) in [7, 11) is 1.24. The molecular weight excluding hydrogens is 268 g/mol. The second-order valence-electron chi connectivity index (χ2n) is 3.91. The number of hydrogen-bond acceptors (Lipinski definition) is 5. The molecule has 7 heteroatoms. The molecule has 1 aromatic rings. The maximum atomic E-state index is 11.7. The summed E-state index contributed by atoms with van der Waals surface area (Å²) in [5.74, 6) is -1.29.